The highest BCUT2D eigenvalue weighted by atomic mass is 16.5. The van der Waals surface area contributed by atoms with E-state index in [0.717, 1.165) is 23.7 Å². The Balaban J connectivity index is 2.29. The third-order valence-electron chi connectivity index (χ3n) is 2.72. The maximum absolute atomic E-state index is 5.96. The van der Waals surface area contributed by atoms with Crippen molar-refractivity contribution in [3.8, 4) is 5.75 Å². The summed E-state index contributed by atoms with van der Waals surface area (Å²) in [5.41, 5.74) is 7.75. The number of methoxy groups -OCH3 is 1. The maximum atomic E-state index is 5.96. The Morgan fingerprint density at radius 2 is 2.20 bits per heavy atom. The van der Waals surface area contributed by atoms with E-state index in [2.05, 4.69) is 23.9 Å². The van der Waals surface area contributed by atoms with E-state index in [0.29, 0.717) is 6.17 Å². The van der Waals surface area contributed by atoms with Crippen LogP contribution in [-0.4, -0.2) is 38.8 Å². The Hall–Kier alpha value is -1.42. The first-order chi connectivity index (χ1) is 7.15. The van der Waals surface area contributed by atoms with Crippen molar-refractivity contribution in [1.82, 2.24) is 4.90 Å². The van der Waals surface area contributed by atoms with Crippen molar-refractivity contribution in [3.05, 3.63) is 18.2 Å². The number of para-hydroxylation sites is 1. The largest absolute Gasteiger partial charge is 0.495 e. The third-order valence-corrected chi connectivity index (χ3v) is 2.72. The predicted octanol–water partition coefficient (Wildman–Crippen LogP) is 0.985. The molecule has 0 aromatic heterocycles. The van der Waals surface area contributed by atoms with Crippen molar-refractivity contribution in [3.63, 3.8) is 0 Å². The van der Waals surface area contributed by atoms with E-state index < -0.39 is 0 Å². The molecule has 1 unspecified atom stereocenters. The van der Waals surface area contributed by atoms with Crippen LogP contribution in [0.3, 0.4) is 0 Å². The van der Waals surface area contributed by atoms with Gasteiger partial charge in [-0.3, -0.25) is 4.90 Å². The lowest BCUT2D eigenvalue weighted by molar-refractivity contribution is 0.398. The van der Waals surface area contributed by atoms with Crippen molar-refractivity contribution >= 4 is 11.4 Å². The molecule has 1 aliphatic heterocycles. The van der Waals surface area contributed by atoms with Gasteiger partial charge in [0.15, 0.2) is 0 Å². The fraction of sp³-hybridized carbons (Fsp3) is 0.455. The first-order valence-corrected chi connectivity index (χ1v) is 5.00. The lowest BCUT2D eigenvalue weighted by Gasteiger charge is -2.15. The lowest BCUT2D eigenvalue weighted by Crippen LogP contribution is -2.20. The normalized spacial score (nSPS) is 19.5. The Bertz CT molecular complexity index is 365. The van der Waals surface area contributed by atoms with Gasteiger partial charge in [0.2, 0.25) is 0 Å². The van der Waals surface area contributed by atoms with Crippen molar-refractivity contribution < 1.29 is 4.74 Å². The van der Waals surface area contributed by atoms with Crippen LogP contribution in [0.4, 0.5) is 11.4 Å². The molecular formula is C11H17N3O. The number of hydrogen-bond acceptors (Lipinski definition) is 4. The summed E-state index contributed by atoms with van der Waals surface area (Å²) in [6.07, 6.45) is 0.448. The molecule has 1 atom stereocenters. The van der Waals surface area contributed by atoms with Gasteiger partial charge < -0.3 is 15.4 Å². The molecule has 2 N–H and O–H groups in total. The van der Waals surface area contributed by atoms with Gasteiger partial charge in [-0.15, -0.1) is 0 Å². The maximum Gasteiger partial charge on any atom is 0.144 e. The minimum absolute atomic E-state index is 0.448. The second kappa shape index (κ2) is 3.62. The number of ether oxygens (including phenoxy) is 1. The number of anilines is 2. The van der Waals surface area contributed by atoms with Crippen LogP contribution in [0.2, 0.25) is 0 Å². The van der Waals surface area contributed by atoms with Gasteiger partial charge in [0.25, 0.3) is 0 Å². The first-order valence-electron chi connectivity index (χ1n) is 5.00. The topological polar surface area (TPSA) is 41.5 Å². The van der Waals surface area contributed by atoms with Gasteiger partial charge in [-0.05, 0) is 26.2 Å². The summed E-state index contributed by atoms with van der Waals surface area (Å²) in [6.45, 7) is 1.01. The summed E-state index contributed by atoms with van der Waals surface area (Å²) in [6, 6.07) is 5.76. The van der Waals surface area contributed by atoms with E-state index in [-0.39, 0.29) is 0 Å². The second-order valence-corrected chi connectivity index (χ2v) is 3.99. The number of benzene rings is 1. The number of likely N-dealkylation sites (N-methyl/N-ethyl adjacent to an activating group) is 1. The molecule has 1 aromatic carbocycles. The monoisotopic (exact) mass is 207 g/mol. The molecule has 2 rings (SSSR count). The molecule has 15 heavy (non-hydrogen) atoms. The number of nitrogen functional groups attached to an aromatic ring is 1. The van der Waals surface area contributed by atoms with Gasteiger partial charge in [0.1, 0.15) is 11.4 Å². The van der Waals surface area contributed by atoms with Crippen LogP contribution in [0.25, 0.3) is 0 Å². The quantitative estimate of drug-likeness (QED) is 0.592. The molecule has 0 bridgehead atoms. The molecule has 0 radical (unpaired) electrons. The molecule has 0 aliphatic carbocycles. The lowest BCUT2D eigenvalue weighted by atomic mass is 10.2. The van der Waals surface area contributed by atoms with Crippen LogP contribution in [0, 0.1) is 0 Å². The van der Waals surface area contributed by atoms with E-state index in [1.807, 2.05) is 18.2 Å². The summed E-state index contributed by atoms with van der Waals surface area (Å²) in [7, 11) is 5.80. The molecule has 0 saturated carbocycles. The Morgan fingerprint density at radius 1 is 1.47 bits per heavy atom. The van der Waals surface area contributed by atoms with Gasteiger partial charge in [0, 0.05) is 0 Å². The highest BCUT2D eigenvalue weighted by Crippen LogP contribution is 2.40. The summed E-state index contributed by atoms with van der Waals surface area (Å²) in [5.74, 6) is 0.847. The number of rotatable bonds is 3. The smallest absolute Gasteiger partial charge is 0.144 e. The highest BCUT2D eigenvalue weighted by Gasteiger charge is 2.38. The van der Waals surface area contributed by atoms with Crippen LogP contribution in [0.15, 0.2) is 18.2 Å². The molecule has 82 valence electrons. The molecule has 1 aromatic rings. The van der Waals surface area contributed by atoms with E-state index in [4.69, 9.17) is 10.5 Å². The third kappa shape index (κ3) is 1.72. The van der Waals surface area contributed by atoms with Crippen molar-refractivity contribution in [2.24, 2.45) is 0 Å². The SMILES string of the molecule is COc1cccc(N)c1N1CC1N(C)C. The van der Waals surface area contributed by atoms with Crippen LogP contribution < -0.4 is 15.4 Å². The Morgan fingerprint density at radius 3 is 2.73 bits per heavy atom. The highest BCUT2D eigenvalue weighted by molar-refractivity contribution is 5.77. The summed E-state index contributed by atoms with van der Waals surface area (Å²) in [5, 5.41) is 0. The fourth-order valence-corrected chi connectivity index (χ4v) is 1.82. The van der Waals surface area contributed by atoms with Crippen LogP contribution >= 0.6 is 0 Å². The zero-order chi connectivity index (χ0) is 11.0. The summed E-state index contributed by atoms with van der Waals surface area (Å²) in [4.78, 5) is 4.40. The van der Waals surface area contributed by atoms with Crippen molar-refractivity contribution in [1.29, 1.82) is 0 Å². The van der Waals surface area contributed by atoms with E-state index >= 15 is 0 Å². The average molecular weight is 207 g/mol. The summed E-state index contributed by atoms with van der Waals surface area (Å²) >= 11 is 0. The molecule has 0 amide bonds. The molecular weight excluding hydrogens is 190 g/mol. The van der Waals surface area contributed by atoms with Gasteiger partial charge >= 0.3 is 0 Å². The van der Waals surface area contributed by atoms with E-state index in [1.165, 1.54) is 0 Å². The van der Waals surface area contributed by atoms with Gasteiger partial charge in [-0.25, -0.2) is 0 Å². The second-order valence-electron chi connectivity index (χ2n) is 3.99. The molecule has 1 heterocycles. The fourth-order valence-electron chi connectivity index (χ4n) is 1.82. The first kappa shape index (κ1) is 10.1. The zero-order valence-corrected chi connectivity index (χ0v) is 9.40. The van der Waals surface area contributed by atoms with E-state index in [9.17, 15) is 0 Å². The van der Waals surface area contributed by atoms with Gasteiger partial charge in [-0.1, -0.05) is 6.07 Å². The van der Waals surface area contributed by atoms with Crippen LogP contribution in [0.5, 0.6) is 5.75 Å². The molecule has 0 spiro atoms. The van der Waals surface area contributed by atoms with Crippen LogP contribution in [0.1, 0.15) is 0 Å². The van der Waals surface area contributed by atoms with Crippen molar-refractivity contribution in [2.45, 2.75) is 6.17 Å². The molecule has 1 fully saturated rings. The number of nitrogens with two attached hydrogens (primary N) is 1. The predicted molar refractivity (Wildman–Crippen MR) is 62.2 cm³/mol. The molecule has 1 saturated heterocycles. The van der Waals surface area contributed by atoms with Crippen LogP contribution in [-0.2, 0) is 0 Å². The average Bonchev–Trinajstić information content (AvgIpc) is 2.96. The minimum Gasteiger partial charge on any atom is -0.495 e. The molecule has 1 aliphatic rings. The van der Waals surface area contributed by atoms with Gasteiger partial charge in [0.05, 0.1) is 25.5 Å². The number of hydrogen-bond donors (Lipinski definition) is 1. The Labute approximate surface area is 90.2 Å². The van der Waals surface area contributed by atoms with Crippen molar-refractivity contribution in [2.75, 3.05) is 38.4 Å². The van der Waals surface area contributed by atoms with Gasteiger partial charge in [-0.2, -0.15) is 0 Å². The standard InChI is InChI=1S/C11H17N3O/c1-13(2)10-7-14(10)11-8(12)5-4-6-9(11)15-3/h4-6,10H,7,12H2,1-3H3. The number of nitrogens with zero attached hydrogens (tertiary/aromatic N) is 2. The van der Waals surface area contributed by atoms with E-state index in [1.54, 1.807) is 7.11 Å². The Kier molecular flexibility index (Phi) is 2.44. The molecule has 4 nitrogen and oxygen atoms in total. The molecule has 4 heteroatoms. The zero-order valence-electron chi connectivity index (χ0n) is 9.40. The minimum atomic E-state index is 0.448. The summed E-state index contributed by atoms with van der Waals surface area (Å²) < 4.78 is 5.32.